The standard InChI is InChI=1S/C18H20N2S/c1-3-13-8-6-11-20-16(13)17(19-4-2)15-9-5-7-14-10-12-21-18(14)15/h5-12,17,19H,3-4H2,1-2H3. The van der Waals surface area contributed by atoms with Crippen molar-refractivity contribution in [3.8, 4) is 0 Å². The van der Waals surface area contributed by atoms with Crippen LogP contribution < -0.4 is 5.32 Å². The van der Waals surface area contributed by atoms with Gasteiger partial charge in [-0.3, -0.25) is 4.98 Å². The number of thiophene rings is 1. The van der Waals surface area contributed by atoms with E-state index in [0.29, 0.717) is 0 Å². The van der Waals surface area contributed by atoms with Gasteiger partial charge in [0, 0.05) is 10.9 Å². The summed E-state index contributed by atoms with van der Waals surface area (Å²) in [5, 5.41) is 7.09. The number of benzene rings is 1. The van der Waals surface area contributed by atoms with E-state index in [1.807, 2.05) is 23.6 Å². The lowest BCUT2D eigenvalue weighted by atomic mass is 9.97. The number of hydrogen-bond donors (Lipinski definition) is 1. The molecule has 3 heteroatoms. The lowest BCUT2D eigenvalue weighted by molar-refractivity contribution is 0.613. The molecule has 0 aliphatic rings. The lowest BCUT2D eigenvalue weighted by Gasteiger charge is -2.21. The molecular weight excluding hydrogens is 276 g/mol. The highest BCUT2D eigenvalue weighted by Gasteiger charge is 2.19. The van der Waals surface area contributed by atoms with Crippen LogP contribution in [-0.4, -0.2) is 11.5 Å². The lowest BCUT2D eigenvalue weighted by Crippen LogP contribution is -2.24. The summed E-state index contributed by atoms with van der Waals surface area (Å²) in [5.41, 5.74) is 3.80. The molecule has 0 bridgehead atoms. The van der Waals surface area contributed by atoms with E-state index in [4.69, 9.17) is 0 Å². The number of nitrogens with zero attached hydrogens (tertiary/aromatic N) is 1. The first kappa shape index (κ1) is 14.2. The molecule has 3 rings (SSSR count). The second-order valence-electron chi connectivity index (χ2n) is 5.08. The van der Waals surface area contributed by atoms with Crippen LogP contribution in [0.1, 0.15) is 36.7 Å². The van der Waals surface area contributed by atoms with E-state index in [9.17, 15) is 0 Å². The third kappa shape index (κ3) is 2.71. The fourth-order valence-corrected chi connectivity index (χ4v) is 3.76. The molecule has 21 heavy (non-hydrogen) atoms. The molecule has 1 aromatic carbocycles. The Morgan fingerprint density at radius 2 is 2.05 bits per heavy atom. The van der Waals surface area contributed by atoms with Crippen molar-refractivity contribution in [1.29, 1.82) is 0 Å². The Labute approximate surface area is 129 Å². The van der Waals surface area contributed by atoms with Crippen molar-refractivity contribution in [3.63, 3.8) is 0 Å². The van der Waals surface area contributed by atoms with Gasteiger partial charge in [-0.25, -0.2) is 0 Å². The van der Waals surface area contributed by atoms with Crippen molar-refractivity contribution < 1.29 is 0 Å². The van der Waals surface area contributed by atoms with Gasteiger partial charge in [-0.15, -0.1) is 11.3 Å². The van der Waals surface area contributed by atoms with E-state index in [0.717, 1.165) is 18.7 Å². The summed E-state index contributed by atoms with van der Waals surface area (Å²) in [7, 11) is 0. The van der Waals surface area contributed by atoms with Gasteiger partial charge in [0.1, 0.15) is 0 Å². The van der Waals surface area contributed by atoms with Crippen molar-refractivity contribution in [1.82, 2.24) is 10.3 Å². The van der Waals surface area contributed by atoms with Crippen molar-refractivity contribution in [3.05, 3.63) is 64.8 Å². The minimum Gasteiger partial charge on any atom is -0.305 e. The van der Waals surface area contributed by atoms with Gasteiger partial charge in [0.15, 0.2) is 0 Å². The molecule has 0 aliphatic carbocycles. The Hall–Kier alpha value is -1.71. The zero-order valence-electron chi connectivity index (χ0n) is 12.5. The van der Waals surface area contributed by atoms with Crippen LogP contribution in [-0.2, 0) is 6.42 Å². The number of rotatable bonds is 5. The highest BCUT2D eigenvalue weighted by atomic mass is 32.1. The maximum atomic E-state index is 4.68. The topological polar surface area (TPSA) is 24.9 Å². The summed E-state index contributed by atoms with van der Waals surface area (Å²) < 4.78 is 1.36. The van der Waals surface area contributed by atoms with E-state index in [-0.39, 0.29) is 6.04 Å². The molecule has 0 saturated carbocycles. The second-order valence-corrected chi connectivity index (χ2v) is 5.99. The SMILES string of the molecule is CCNC(c1ncccc1CC)c1cccc2ccsc12. The normalized spacial score (nSPS) is 12.7. The molecule has 0 fully saturated rings. The van der Waals surface area contributed by atoms with Crippen LogP contribution in [0.2, 0.25) is 0 Å². The first-order valence-electron chi connectivity index (χ1n) is 7.48. The predicted octanol–water partition coefficient (Wildman–Crippen LogP) is 4.56. The zero-order valence-corrected chi connectivity index (χ0v) is 13.3. The Bertz CT molecular complexity index is 733. The summed E-state index contributed by atoms with van der Waals surface area (Å²) in [5.74, 6) is 0. The number of aromatic nitrogens is 1. The van der Waals surface area contributed by atoms with Gasteiger partial charge in [0.25, 0.3) is 0 Å². The Balaban J connectivity index is 2.16. The molecule has 1 atom stereocenters. The van der Waals surface area contributed by atoms with Crippen LogP contribution in [0.15, 0.2) is 48.0 Å². The maximum absolute atomic E-state index is 4.68. The fourth-order valence-electron chi connectivity index (χ4n) is 2.81. The summed E-state index contributed by atoms with van der Waals surface area (Å²) in [6.07, 6.45) is 2.90. The molecule has 2 nitrogen and oxygen atoms in total. The molecule has 2 aromatic heterocycles. The maximum Gasteiger partial charge on any atom is 0.0768 e. The first-order valence-corrected chi connectivity index (χ1v) is 8.36. The van der Waals surface area contributed by atoms with E-state index >= 15 is 0 Å². The van der Waals surface area contributed by atoms with Crippen LogP contribution in [0.5, 0.6) is 0 Å². The molecule has 0 radical (unpaired) electrons. The highest BCUT2D eigenvalue weighted by molar-refractivity contribution is 7.17. The Morgan fingerprint density at radius 1 is 1.14 bits per heavy atom. The third-order valence-corrected chi connectivity index (χ3v) is 4.79. The van der Waals surface area contributed by atoms with E-state index in [1.165, 1.54) is 21.2 Å². The average Bonchev–Trinajstić information content (AvgIpc) is 3.01. The van der Waals surface area contributed by atoms with Gasteiger partial charge >= 0.3 is 0 Å². The summed E-state index contributed by atoms with van der Waals surface area (Å²) >= 11 is 1.81. The van der Waals surface area contributed by atoms with Gasteiger partial charge in [0.05, 0.1) is 11.7 Å². The number of fused-ring (bicyclic) bond motifs is 1. The smallest absolute Gasteiger partial charge is 0.0768 e. The number of pyridine rings is 1. The minimum atomic E-state index is 0.161. The van der Waals surface area contributed by atoms with Gasteiger partial charge in [-0.1, -0.05) is 38.1 Å². The molecule has 1 unspecified atom stereocenters. The first-order chi connectivity index (χ1) is 10.3. The molecule has 108 valence electrons. The van der Waals surface area contributed by atoms with E-state index < -0.39 is 0 Å². The quantitative estimate of drug-likeness (QED) is 0.746. The number of hydrogen-bond acceptors (Lipinski definition) is 3. The number of nitrogens with one attached hydrogen (secondary N) is 1. The molecule has 2 heterocycles. The van der Waals surface area contributed by atoms with Crippen LogP contribution in [0.4, 0.5) is 0 Å². The van der Waals surface area contributed by atoms with Crippen LogP contribution in [0.3, 0.4) is 0 Å². The molecule has 0 aliphatic heterocycles. The monoisotopic (exact) mass is 296 g/mol. The number of aryl methyl sites for hydroxylation is 1. The average molecular weight is 296 g/mol. The molecule has 0 saturated heterocycles. The summed E-state index contributed by atoms with van der Waals surface area (Å²) in [6, 6.07) is 13.1. The Kier molecular flexibility index (Phi) is 4.32. The van der Waals surface area contributed by atoms with Crippen LogP contribution >= 0.6 is 11.3 Å². The van der Waals surface area contributed by atoms with Crippen LogP contribution in [0, 0.1) is 0 Å². The largest absolute Gasteiger partial charge is 0.305 e. The zero-order chi connectivity index (χ0) is 14.7. The van der Waals surface area contributed by atoms with Gasteiger partial charge in [-0.2, -0.15) is 0 Å². The van der Waals surface area contributed by atoms with Crippen molar-refractivity contribution in [2.24, 2.45) is 0 Å². The van der Waals surface area contributed by atoms with E-state index in [2.05, 4.69) is 59.9 Å². The molecule has 0 amide bonds. The molecule has 1 N–H and O–H groups in total. The molecule has 3 aromatic rings. The molecule has 0 spiro atoms. The van der Waals surface area contributed by atoms with Crippen LogP contribution in [0.25, 0.3) is 10.1 Å². The predicted molar refractivity (Wildman–Crippen MR) is 91.0 cm³/mol. The van der Waals surface area contributed by atoms with Crippen molar-refractivity contribution >= 4 is 21.4 Å². The minimum absolute atomic E-state index is 0.161. The molecular formula is C18H20N2S. The van der Waals surface area contributed by atoms with E-state index in [1.54, 1.807) is 0 Å². The van der Waals surface area contributed by atoms with Gasteiger partial charge in [0.2, 0.25) is 0 Å². The van der Waals surface area contributed by atoms with Crippen molar-refractivity contribution in [2.75, 3.05) is 6.54 Å². The highest BCUT2D eigenvalue weighted by Crippen LogP contribution is 2.32. The van der Waals surface area contributed by atoms with Gasteiger partial charge < -0.3 is 5.32 Å². The Morgan fingerprint density at radius 3 is 2.86 bits per heavy atom. The third-order valence-electron chi connectivity index (χ3n) is 3.81. The van der Waals surface area contributed by atoms with Gasteiger partial charge in [-0.05, 0) is 47.0 Å². The van der Waals surface area contributed by atoms with Crippen molar-refractivity contribution in [2.45, 2.75) is 26.3 Å². The summed E-state index contributed by atoms with van der Waals surface area (Å²) in [6.45, 7) is 5.26. The fraction of sp³-hybridized carbons (Fsp3) is 0.278. The summed E-state index contributed by atoms with van der Waals surface area (Å²) in [4.78, 5) is 4.68. The second kappa shape index (κ2) is 6.37.